The molecule has 0 aromatic carbocycles. The first-order chi connectivity index (χ1) is 7.81. The smallest absolute Gasteiger partial charge is 0.317 e. The van der Waals surface area contributed by atoms with Gasteiger partial charge in [-0.2, -0.15) is 11.3 Å². The third-order valence-electron chi connectivity index (χ3n) is 2.61. The summed E-state index contributed by atoms with van der Waals surface area (Å²) < 4.78 is 0. The molecule has 1 fully saturated rings. The van der Waals surface area contributed by atoms with E-state index in [0.717, 1.165) is 18.4 Å². The van der Waals surface area contributed by atoms with Crippen LogP contribution in [0.4, 0.5) is 4.79 Å². The number of carbonyl (C=O) groups is 1. The standard InChI is InChI=1S/C11H16N2O2S/c14-5-4-13(10-1-2-10)11(15)12-7-9-3-6-16-8-9/h3,6,8,10,14H,1-2,4-5,7H2,(H,12,15). The van der Waals surface area contributed by atoms with Crippen LogP contribution in [-0.2, 0) is 6.54 Å². The molecule has 4 nitrogen and oxygen atoms in total. The van der Waals surface area contributed by atoms with Crippen LogP contribution in [0.2, 0.25) is 0 Å². The topological polar surface area (TPSA) is 52.6 Å². The fourth-order valence-electron chi connectivity index (χ4n) is 1.62. The van der Waals surface area contributed by atoms with Crippen LogP contribution in [0.15, 0.2) is 16.8 Å². The largest absolute Gasteiger partial charge is 0.395 e. The van der Waals surface area contributed by atoms with Gasteiger partial charge in [-0.25, -0.2) is 4.79 Å². The monoisotopic (exact) mass is 240 g/mol. The lowest BCUT2D eigenvalue weighted by Crippen LogP contribution is -2.42. The SMILES string of the molecule is O=C(NCc1ccsc1)N(CCO)C1CC1. The maximum absolute atomic E-state index is 11.8. The molecule has 88 valence electrons. The summed E-state index contributed by atoms with van der Waals surface area (Å²) >= 11 is 1.62. The number of aliphatic hydroxyl groups excluding tert-OH is 1. The van der Waals surface area contributed by atoms with Gasteiger partial charge in [-0.15, -0.1) is 0 Å². The van der Waals surface area contributed by atoms with Gasteiger partial charge in [0.15, 0.2) is 0 Å². The summed E-state index contributed by atoms with van der Waals surface area (Å²) in [7, 11) is 0. The molecule has 0 aliphatic heterocycles. The number of rotatable bonds is 5. The maximum atomic E-state index is 11.8. The minimum absolute atomic E-state index is 0.0301. The average Bonchev–Trinajstić information content (AvgIpc) is 2.99. The number of hydrogen-bond acceptors (Lipinski definition) is 3. The first-order valence-electron chi connectivity index (χ1n) is 5.47. The van der Waals surface area contributed by atoms with Gasteiger partial charge in [-0.05, 0) is 35.2 Å². The van der Waals surface area contributed by atoms with Crippen molar-refractivity contribution in [3.05, 3.63) is 22.4 Å². The van der Waals surface area contributed by atoms with Gasteiger partial charge in [0.25, 0.3) is 0 Å². The molecule has 0 saturated heterocycles. The summed E-state index contributed by atoms with van der Waals surface area (Å²) in [6.07, 6.45) is 2.12. The van der Waals surface area contributed by atoms with E-state index in [1.165, 1.54) is 0 Å². The average molecular weight is 240 g/mol. The Morgan fingerprint density at radius 3 is 3.00 bits per heavy atom. The summed E-state index contributed by atoms with van der Waals surface area (Å²) in [4.78, 5) is 13.5. The van der Waals surface area contributed by atoms with Crippen molar-refractivity contribution >= 4 is 17.4 Å². The number of amides is 2. The Morgan fingerprint density at radius 1 is 1.62 bits per heavy atom. The molecule has 16 heavy (non-hydrogen) atoms. The van der Waals surface area contributed by atoms with Crippen LogP contribution in [0.3, 0.4) is 0 Å². The lowest BCUT2D eigenvalue weighted by molar-refractivity contribution is 0.173. The zero-order valence-corrected chi connectivity index (χ0v) is 9.87. The Hall–Kier alpha value is -1.07. The van der Waals surface area contributed by atoms with Crippen molar-refractivity contribution < 1.29 is 9.90 Å². The molecule has 2 amide bonds. The fraction of sp³-hybridized carbons (Fsp3) is 0.545. The van der Waals surface area contributed by atoms with Crippen LogP contribution in [0.25, 0.3) is 0 Å². The molecular formula is C11H16N2O2S. The lowest BCUT2D eigenvalue weighted by atomic mass is 10.3. The second-order valence-corrected chi connectivity index (χ2v) is 4.72. The van der Waals surface area contributed by atoms with E-state index in [1.807, 2.05) is 16.8 Å². The van der Waals surface area contributed by atoms with Gasteiger partial charge in [-0.1, -0.05) is 0 Å². The number of nitrogens with one attached hydrogen (secondary N) is 1. The van der Waals surface area contributed by atoms with Gasteiger partial charge >= 0.3 is 6.03 Å². The Bertz CT molecular complexity index is 336. The van der Waals surface area contributed by atoms with Crippen LogP contribution in [0.1, 0.15) is 18.4 Å². The van der Waals surface area contributed by atoms with Gasteiger partial charge in [0.05, 0.1) is 6.61 Å². The molecule has 2 N–H and O–H groups in total. The van der Waals surface area contributed by atoms with E-state index in [-0.39, 0.29) is 12.6 Å². The number of thiophene rings is 1. The van der Waals surface area contributed by atoms with Gasteiger partial charge in [0, 0.05) is 19.1 Å². The minimum Gasteiger partial charge on any atom is -0.395 e. The van der Waals surface area contributed by atoms with Crippen molar-refractivity contribution in [3.8, 4) is 0 Å². The van der Waals surface area contributed by atoms with Crippen molar-refractivity contribution in [2.24, 2.45) is 0 Å². The molecule has 1 aliphatic rings. The number of nitrogens with zero attached hydrogens (tertiary/aromatic N) is 1. The van der Waals surface area contributed by atoms with Crippen LogP contribution >= 0.6 is 11.3 Å². The van der Waals surface area contributed by atoms with E-state index >= 15 is 0 Å². The predicted molar refractivity (Wildman–Crippen MR) is 63.4 cm³/mol. The van der Waals surface area contributed by atoms with Crippen molar-refractivity contribution in [3.63, 3.8) is 0 Å². The van der Waals surface area contributed by atoms with E-state index in [9.17, 15) is 4.79 Å². The molecule has 1 aromatic heterocycles. The maximum Gasteiger partial charge on any atom is 0.317 e. The quantitative estimate of drug-likeness (QED) is 0.817. The van der Waals surface area contributed by atoms with Crippen LogP contribution in [0, 0.1) is 0 Å². The van der Waals surface area contributed by atoms with E-state index in [1.54, 1.807) is 16.2 Å². The first kappa shape index (κ1) is 11.4. The van der Waals surface area contributed by atoms with E-state index < -0.39 is 0 Å². The van der Waals surface area contributed by atoms with Gasteiger partial charge in [0.1, 0.15) is 0 Å². The Balaban J connectivity index is 1.81. The molecule has 0 radical (unpaired) electrons. The molecule has 0 spiro atoms. The Morgan fingerprint density at radius 2 is 2.44 bits per heavy atom. The van der Waals surface area contributed by atoms with E-state index in [0.29, 0.717) is 19.1 Å². The summed E-state index contributed by atoms with van der Waals surface area (Å²) in [6, 6.07) is 2.27. The molecule has 1 aliphatic carbocycles. The fourth-order valence-corrected chi connectivity index (χ4v) is 2.28. The zero-order valence-electron chi connectivity index (χ0n) is 9.06. The molecule has 0 bridgehead atoms. The van der Waals surface area contributed by atoms with Gasteiger partial charge < -0.3 is 15.3 Å². The zero-order chi connectivity index (χ0) is 11.4. The number of urea groups is 1. The molecular weight excluding hydrogens is 224 g/mol. The highest BCUT2D eigenvalue weighted by Gasteiger charge is 2.31. The summed E-state index contributed by atoms with van der Waals surface area (Å²) in [6.45, 7) is 1.03. The molecule has 2 rings (SSSR count). The van der Waals surface area contributed by atoms with Crippen molar-refractivity contribution in [1.29, 1.82) is 0 Å². The second-order valence-electron chi connectivity index (χ2n) is 3.94. The molecule has 5 heteroatoms. The predicted octanol–water partition coefficient (Wildman–Crippen LogP) is 1.41. The van der Waals surface area contributed by atoms with Crippen LogP contribution in [0.5, 0.6) is 0 Å². The molecule has 1 saturated carbocycles. The Labute approximate surface area is 98.9 Å². The normalized spacial score (nSPS) is 14.8. The first-order valence-corrected chi connectivity index (χ1v) is 6.42. The molecule has 1 heterocycles. The summed E-state index contributed by atoms with van der Waals surface area (Å²) in [5.41, 5.74) is 1.12. The van der Waals surface area contributed by atoms with Gasteiger partial charge in [0.2, 0.25) is 0 Å². The van der Waals surface area contributed by atoms with Gasteiger partial charge in [-0.3, -0.25) is 0 Å². The minimum atomic E-state index is -0.0669. The molecule has 0 atom stereocenters. The van der Waals surface area contributed by atoms with Crippen LogP contribution in [-0.4, -0.2) is 35.2 Å². The summed E-state index contributed by atoms with van der Waals surface area (Å²) in [5, 5.41) is 15.8. The Kier molecular flexibility index (Phi) is 3.79. The highest BCUT2D eigenvalue weighted by molar-refractivity contribution is 7.07. The van der Waals surface area contributed by atoms with Crippen molar-refractivity contribution in [2.75, 3.05) is 13.2 Å². The third kappa shape index (κ3) is 2.96. The number of carbonyl (C=O) groups excluding carboxylic acids is 1. The number of aliphatic hydroxyl groups is 1. The van der Waals surface area contributed by atoms with Crippen LogP contribution < -0.4 is 5.32 Å². The van der Waals surface area contributed by atoms with Crippen molar-refractivity contribution in [1.82, 2.24) is 10.2 Å². The van der Waals surface area contributed by atoms with E-state index in [4.69, 9.17) is 5.11 Å². The molecule has 1 aromatic rings. The highest BCUT2D eigenvalue weighted by atomic mass is 32.1. The lowest BCUT2D eigenvalue weighted by Gasteiger charge is -2.21. The second kappa shape index (κ2) is 5.32. The third-order valence-corrected chi connectivity index (χ3v) is 3.35. The number of hydrogen-bond donors (Lipinski definition) is 2. The van der Waals surface area contributed by atoms with E-state index in [2.05, 4.69) is 5.32 Å². The summed E-state index contributed by atoms with van der Waals surface area (Å²) in [5.74, 6) is 0. The molecule has 0 unspecified atom stereocenters. The highest BCUT2D eigenvalue weighted by Crippen LogP contribution is 2.26. The van der Waals surface area contributed by atoms with Crippen molar-refractivity contribution in [2.45, 2.75) is 25.4 Å².